The molecule has 0 aliphatic rings. The molecular weight excluding hydrogens is 174 g/mol. The van der Waals surface area contributed by atoms with Crippen molar-refractivity contribution in [2.75, 3.05) is 0 Å². The molecule has 0 radical (unpaired) electrons. The summed E-state index contributed by atoms with van der Waals surface area (Å²) >= 11 is 0. The van der Waals surface area contributed by atoms with Crippen LogP contribution in [0.15, 0.2) is 30.5 Å². The number of nitrogens with zero attached hydrogens (tertiary/aromatic N) is 3. The summed E-state index contributed by atoms with van der Waals surface area (Å²) in [4.78, 5) is 12.8. The Bertz CT molecular complexity index is 408. The fourth-order valence-corrected chi connectivity index (χ4v) is 1.28. The summed E-state index contributed by atoms with van der Waals surface area (Å²) in [5.41, 5.74) is 2.77. The maximum absolute atomic E-state index is 4.39. The molecule has 3 heteroatoms. The average molecular weight is 185 g/mol. The number of hydrogen-bond donors (Lipinski definition) is 0. The molecule has 2 aromatic heterocycles. The van der Waals surface area contributed by atoms with Crippen LogP contribution in [-0.4, -0.2) is 15.0 Å². The van der Waals surface area contributed by atoms with Gasteiger partial charge in [-0.2, -0.15) is 0 Å². The minimum absolute atomic E-state index is 0.769. The average Bonchev–Trinajstić information content (AvgIpc) is 2.18. The van der Waals surface area contributed by atoms with E-state index in [2.05, 4.69) is 15.0 Å². The number of rotatable bonds is 1. The molecule has 2 rings (SSSR count). The van der Waals surface area contributed by atoms with E-state index in [9.17, 15) is 0 Å². The van der Waals surface area contributed by atoms with Crippen LogP contribution >= 0.6 is 0 Å². The molecule has 0 aliphatic carbocycles. The lowest BCUT2D eigenvalue weighted by atomic mass is 10.2. The Labute approximate surface area is 82.9 Å². The molecule has 0 aromatic carbocycles. The molecule has 0 spiro atoms. The van der Waals surface area contributed by atoms with Crippen molar-refractivity contribution >= 4 is 0 Å². The zero-order chi connectivity index (χ0) is 9.97. The van der Waals surface area contributed by atoms with Gasteiger partial charge in [0.2, 0.25) is 0 Å². The first kappa shape index (κ1) is 8.81. The molecule has 0 aliphatic heterocycles. The minimum Gasteiger partial charge on any atom is -0.251 e. The molecule has 0 bridgehead atoms. The molecule has 0 unspecified atom stereocenters. The Kier molecular flexibility index (Phi) is 2.23. The monoisotopic (exact) mass is 185 g/mol. The molecule has 70 valence electrons. The van der Waals surface area contributed by atoms with Crippen LogP contribution in [0.4, 0.5) is 0 Å². The molecule has 2 aromatic rings. The van der Waals surface area contributed by atoms with Crippen molar-refractivity contribution in [3.05, 3.63) is 42.0 Å². The quantitative estimate of drug-likeness (QED) is 0.683. The number of aromatic nitrogens is 3. The topological polar surface area (TPSA) is 38.7 Å². The van der Waals surface area contributed by atoms with E-state index in [-0.39, 0.29) is 0 Å². The molecule has 0 N–H and O–H groups in total. The second kappa shape index (κ2) is 3.54. The number of hydrogen-bond acceptors (Lipinski definition) is 3. The molecule has 0 amide bonds. The molecule has 0 saturated heterocycles. The number of aryl methyl sites for hydroxylation is 2. The summed E-state index contributed by atoms with van der Waals surface area (Å²) in [5.74, 6) is 0.769. The first-order valence-corrected chi connectivity index (χ1v) is 4.49. The van der Waals surface area contributed by atoms with Crippen LogP contribution in [-0.2, 0) is 0 Å². The van der Waals surface area contributed by atoms with Gasteiger partial charge in [-0.3, -0.25) is 4.98 Å². The lowest BCUT2D eigenvalue weighted by molar-refractivity contribution is 1.05. The van der Waals surface area contributed by atoms with Crippen LogP contribution in [0.2, 0.25) is 0 Å². The van der Waals surface area contributed by atoms with Gasteiger partial charge in [-0.15, -0.1) is 0 Å². The van der Waals surface area contributed by atoms with Gasteiger partial charge in [0.1, 0.15) is 5.82 Å². The Morgan fingerprint density at radius 2 is 1.71 bits per heavy atom. The van der Waals surface area contributed by atoms with Gasteiger partial charge in [0.05, 0.1) is 11.4 Å². The fourth-order valence-electron chi connectivity index (χ4n) is 1.28. The second-order valence-electron chi connectivity index (χ2n) is 3.15. The van der Waals surface area contributed by atoms with E-state index in [1.165, 1.54) is 0 Å². The highest BCUT2D eigenvalue weighted by molar-refractivity contribution is 5.53. The van der Waals surface area contributed by atoms with Crippen LogP contribution in [0.25, 0.3) is 11.4 Å². The third-order valence-corrected chi connectivity index (χ3v) is 1.93. The predicted molar refractivity (Wildman–Crippen MR) is 54.7 cm³/mol. The molecule has 0 atom stereocenters. The normalized spacial score (nSPS) is 10.1. The van der Waals surface area contributed by atoms with E-state index in [0.29, 0.717) is 0 Å². The lowest BCUT2D eigenvalue weighted by Crippen LogP contribution is -1.92. The lowest BCUT2D eigenvalue weighted by Gasteiger charge is -2.00. The van der Waals surface area contributed by atoms with Gasteiger partial charge < -0.3 is 0 Å². The van der Waals surface area contributed by atoms with Gasteiger partial charge in [0.15, 0.2) is 0 Å². The Balaban J connectivity index is 2.49. The summed E-state index contributed by atoms with van der Waals surface area (Å²) in [6.45, 7) is 3.84. The van der Waals surface area contributed by atoms with Gasteiger partial charge in [0, 0.05) is 11.9 Å². The highest BCUT2D eigenvalue weighted by atomic mass is 14.9. The zero-order valence-electron chi connectivity index (χ0n) is 8.23. The van der Waals surface area contributed by atoms with Crippen LogP contribution < -0.4 is 0 Å². The molecule has 0 fully saturated rings. The SMILES string of the molecule is Cc1cccc(-c2ccnc(C)n2)n1. The van der Waals surface area contributed by atoms with E-state index in [0.717, 1.165) is 22.9 Å². The summed E-state index contributed by atoms with van der Waals surface area (Å²) in [6.07, 6.45) is 1.75. The fraction of sp³-hybridized carbons (Fsp3) is 0.182. The van der Waals surface area contributed by atoms with Crippen molar-refractivity contribution in [3.8, 4) is 11.4 Å². The first-order chi connectivity index (χ1) is 6.75. The summed E-state index contributed by atoms with van der Waals surface area (Å²) in [7, 11) is 0. The minimum atomic E-state index is 0.769. The standard InChI is InChI=1S/C11H11N3/c1-8-4-3-5-10(13-8)11-6-7-12-9(2)14-11/h3-7H,1-2H3. The largest absolute Gasteiger partial charge is 0.251 e. The highest BCUT2D eigenvalue weighted by Gasteiger charge is 2.00. The van der Waals surface area contributed by atoms with Crippen LogP contribution in [0.5, 0.6) is 0 Å². The summed E-state index contributed by atoms with van der Waals surface area (Å²) < 4.78 is 0. The number of pyridine rings is 1. The van der Waals surface area contributed by atoms with Gasteiger partial charge in [-0.05, 0) is 32.0 Å². The zero-order valence-corrected chi connectivity index (χ0v) is 8.23. The second-order valence-corrected chi connectivity index (χ2v) is 3.15. The Morgan fingerprint density at radius 3 is 2.43 bits per heavy atom. The highest BCUT2D eigenvalue weighted by Crippen LogP contribution is 2.13. The van der Waals surface area contributed by atoms with Gasteiger partial charge in [0.25, 0.3) is 0 Å². The van der Waals surface area contributed by atoms with E-state index in [4.69, 9.17) is 0 Å². The Hall–Kier alpha value is -1.77. The van der Waals surface area contributed by atoms with Crippen LogP contribution in [0.1, 0.15) is 11.5 Å². The van der Waals surface area contributed by atoms with Gasteiger partial charge in [-0.1, -0.05) is 6.07 Å². The maximum Gasteiger partial charge on any atom is 0.125 e. The van der Waals surface area contributed by atoms with E-state index in [1.807, 2.05) is 38.1 Å². The van der Waals surface area contributed by atoms with Crippen molar-refractivity contribution < 1.29 is 0 Å². The van der Waals surface area contributed by atoms with Crippen LogP contribution in [0.3, 0.4) is 0 Å². The van der Waals surface area contributed by atoms with Crippen molar-refractivity contribution in [2.24, 2.45) is 0 Å². The van der Waals surface area contributed by atoms with Crippen molar-refractivity contribution in [3.63, 3.8) is 0 Å². The Morgan fingerprint density at radius 1 is 0.929 bits per heavy atom. The van der Waals surface area contributed by atoms with Gasteiger partial charge in [-0.25, -0.2) is 9.97 Å². The molecular formula is C11H11N3. The van der Waals surface area contributed by atoms with Gasteiger partial charge >= 0.3 is 0 Å². The third kappa shape index (κ3) is 1.76. The third-order valence-electron chi connectivity index (χ3n) is 1.93. The molecule has 14 heavy (non-hydrogen) atoms. The molecule has 3 nitrogen and oxygen atoms in total. The maximum atomic E-state index is 4.39. The summed E-state index contributed by atoms with van der Waals surface area (Å²) in [6, 6.07) is 7.77. The first-order valence-electron chi connectivity index (χ1n) is 4.49. The van der Waals surface area contributed by atoms with Crippen molar-refractivity contribution in [1.82, 2.24) is 15.0 Å². The van der Waals surface area contributed by atoms with E-state index in [1.54, 1.807) is 6.20 Å². The molecule has 0 saturated carbocycles. The molecule has 2 heterocycles. The predicted octanol–water partition coefficient (Wildman–Crippen LogP) is 2.16. The van der Waals surface area contributed by atoms with E-state index < -0.39 is 0 Å². The smallest absolute Gasteiger partial charge is 0.125 e. The van der Waals surface area contributed by atoms with Crippen molar-refractivity contribution in [2.45, 2.75) is 13.8 Å². The van der Waals surface area contributed by atoms with Crippen LogP contribution in [0, 0.1) is 13.8 Å². The van der Waals surface area contributed by atoms with Crippen molar-refractivity contribution in [1.29, 1.82) is 0 Å². The summed E-state index contributed by atoms with van der Waals surface area (Å²) in [5, 5.41) is 0. The van der Waals surface area contributed by atoms with E-state index >= 15 is 0 Å².